The molecule has 0 fully saturated rings. The van der Waals surface area contributed by atoms with E-state index in [9.17, 15) is 0 Å². The van der Waals surface area contributed by atoms with Crippen LogP contribution in [0.2, 0.25) is 0 Å². The van der Waals surface area contributed by atoms with Crippen molar-refractivity contribution in [3.05, 3.63) is 22.3 Å². The van der Waals surface area contributed by atoms with Gasteiger partial charge in [-0.1, -0.05) is 13.8 Å². The number of hydrogen-bond donors (Lipinski definition) is 0. The molecule has 0 atom stereocenters. The van der Waals surface area contributed by atoms with E-state index >= 15 is 0 Å². The van der Waals surface area contributed by atoms with Gasteiger partial charge in [0.05, 0.1) is 0 Å². The van der Waals surface area contributed by atoms with Crippen LogP contribution < -0.4 is 0 Å². The molecule has 254 valence electrons. The van der Waals surface area contributed by atoms with Crippen molar-refractivity contribution in [1.82, 2.24) is 0 Å². The molecule has 28 aromatic rings. The van der Waals surface area contributed by atoms with Crippen LogP contribution in [0.4, 0.5) is 0 Å². The Morgan fingerprint density at radius 3 is 0.258 bits per heavy atom. The summed E-state index contributed by atoms with van der Waals surface area (Å²) < 4.78 is 0. The lowest BCUT2D eigenvalue weighted by atomic mass is 9.50. The summed E-state index contributed by atoms with van der Waals surface area (Å²) in [5.41, 5.74) is 6.73. The quantitative estimate of drug-likeness (QED) is 0.135. The molecule has 4 aliphatic carbocycles. The Hall–Kier alpha value is -7.54. The van der Waals surface area contributed by atoms with Crippen molar-refractivity contribution >= 4 is 291 Å². The summed E-state index contributed by atoms with van der Waals surface area (Å²) in [4.78, 5) is 0. The van der Waals surface area contributed by atoms with Crippen molar-refractivity contribution in [2.24, 2.45) is 0 Å². The second-order valence-electron chi connectivity index (χ2n) is 24.0. The third-order valence-electron chi connectivity index (χ3n) is 24.2. The predicted octanol–water partition coefficient (Wildman–Crippen LogP) is 17.3. The number of benzene rings is 18. The average molecular weight is 751 g/mol. The summed E-state index contributed by atoms with van der Waals surface area (Å²) in [5, 5.41) is 90.8. The van der Waals surface area contributed by atoms with Gasteiger partial charge in [-0.25, -0.2) is 0 Å². The monoisotopic (exact) mass is 750 g/mol. The van der Waals surface area contributed by atoms with Crippen LogP contribution in [0, 0.1) is 0 Å². The van der Waals surface area contributed by atoms with Crippen molar-refractivity contribution in [3.8, 4) is 0 Å². The van der Waals surface area contributed by atoms with Crippen LogP contribution in [-0.4, -0.2) is 0 Å². The molecule has 4 aliphatic rings. The van der Waals surface area contributed by atoms with Crippen LogP contribution in [0.5, 0.6) is 0 Å². The number of rotatable bonds is 0. The van der Waals surface area contributed by atoms with Crippen molar-refractivity contribution in [2.75, 3.05) is 0 Å². The molecule has 0 radical (unpaired) electrons. The fraction of sp³-hybridized carbons (Fsp3) is 0.0645. The molecule has 0 heterocycles. The first kappa shape index (κ1) is 21.8. The Morgan fingerprint density at radius 2 is 0.177 bits per heavy atom. The van der Waals surface area contributed by atoms with E-state index < -0.39 is 0 Å². The zero-order chi connectivity index (χ0) is 36.5. The summed E-state index contributed by atoms with van der Waals surface area (Å²) in [6.45, 7) is 5.67. The predicted molar refractivity (Wildman–Crippen MR) is 265 cm³/mol. The van der Waals surface area contributed by atoms with Crippen LogP contribution in [0.25, 0.3) is 291 Å². The molecule has 0 spiro atoms. The van der Waals surface area contributed by atoms with E-state index in [2.05, 4.69) is 13.8 Å². The van der Waals surface area contributed by atoms with Crippen molar-refractivity contribution in [1.29, 1.82) is 0 Å². The van der Waals surface area contributed by atoms with Gasteiger partial charge < -0.3 is 0 Å². The van der Waals surface area contributed by atoms with Gasteiger partial charge in [-0.15, -0.1) is 0 Å². The summed E-state index contributed by atoms with van der Waals surface area (Å²) >= 11 is 0. The van der Waals surface area contributed by atoms with E-state index in [1.54, 1.807) is 313 Å². The molecular weight excluding hydrogens is 745 g/mol. The summed E-state index contributed by atoms with van der Waals surface area (Å²) in [6, 6.07) is 0. The van der Waals surface area contributed by atoms with E-state index in [-0.39, 0.29) is 10.8 Å². The molecule has 0 saturated heterocycles. The van der Waals surface area contributed by atoms with Crippen LogP contribution >= 0.6 is 0 Å². The molecule has 0 heteroatoms. The standard InChI is InChI=1S/C62H6/c1-61-57-49-41-31-21-13-5-3-4-7-11-9(5)17-25-19(11)29-23-15(7)16-8(4)12-10-6(3)14(13)22-28-18(10)26-20(12)30-24(16)34-33(23)43-37(29)47-39(25)45(35(41)27(17)21)53(57)55(47)59-51(43)52-44(34)38(30)48-40(26)46-36(28)42(32(22)31)50(49)58(61)54(46)56(48)60(52)62(59,61)2/h1-2H3. The van der Waals surface area contributed by atoms with E-state index in [4.69, 9.17) is 0 Å². The maximum atomic E-state index is 2.83. The molecule has 62 heavy (non-hydrogen) atoms. The van der Waals surface area contributed by atoms with Gasteiger partial charge in [-0.05, 0) is 313 Å². The average Bonchev–Trinajstić information content (AvgIpc) is 4.12. The molecule has 0 N–H and O–H groups in total. The van der Waals surface area contributed by atoms with Gasteiger partial charge in [-0.2, -0.15) is 0 Å². The van der Waals surface area contributed by atoms with Gasteiger partial charge in [0, 0.05) is 10.8 Å². The fourth-order valence-corrected chi connectivity index (χ4v) is 24.0. The Kier molecular flexibility index (Phi) is 1.63. The highest BCUT2D eigenvalue weighted by Gasteiger charge is 2.66. The molecule has 0 aromatic heterocycles. The molecular formula is C62H6. The first-order chi connectivity index (χ1) is 30.7. The third-order valence-corrected chi connectivity index (χ3v) is 24.2. The molecule has 0 amide bonds. The molecule has 0 bridgehead atoms. The molecule has 0 saturated carbocycles. The maximum Gasteiger partial charge on any atom is 0.0335 e. The van der Waals surface area contributed by atoms with Crippen molar-refractivity contribution in [2.45, 2.75) is 24.7 Å². The largest absolute Gasteiger partial charge is 0.0501 e. The Morgan fingerprint density at radius 1 is 0.113 bits per heavy atom. The maximum absolute atomic E-state index is 2.83. The van der Waals surface area contributed by atoms with E-state index in [0.29, 0.717) is 0 Å². The fourth-order valence-electron chi connectivity index (χ4n) is 24.0. The minimum absolute atomic E-state index is 0.154. The van der Waals surface area contributed by atoms with Gasteiger partial charge in [0.25, 0.3) is 0 Å². The van der Waals surface area contributed by atoms with Crippen LogP contribution in [0.3, 0.4) is 0 Å². The van der Waals surface area contributed by atoms with Crippen molar-refractivity contribution in [3.63, 3.8) is 0 Å². The van der Waals surface area contributed by atoms with Gasteiger partial charge in [-0.3, -0.25) is 0 Å². The van der Waals surface area contributed by atoms with E-state index in [1.165, 1.54) is 0 Å². The van der Waals surface area contributed by atoms with Crippen LogP contribution in [0.15, 0.2) is 0 Å². The van der Waals surface area contributed by atoms with Gasteiger partial charge in [0.2, 0.25) is 0 Å². The van der Waals surface area contributed by atoms with Gasteiger partial charge in [0.15, 0.2) is 0 Å². The van der Waals surface area contributed by atoms with Gasteiger partial charge >= 0.3 is 0 Å². The van der Waals surface area contributed by atoms with Crippen molar-refractivity contribution < 1.29 is 0 Å². The highest BCUT2D eigenvalue weighted by Crippen LogP contribution is 2.84. The summed E-state index contributed by atoms with van der Waals surface area (Å²) in [6.07, 6.45) is 0. The molecule has 0 nitrogen and oxygen atoms in total. The second kappa shape index (κ2) is 4.62. The first-order valence-corrected chi connectivity index (χ1v) is 23.5. The first-order valence-electron chi connectivity index (χ1n) is 23.5. The molecule has 28 aromatic carbocycles. The second-order valence-corrected chi connectivity index (χ2v) is 24.0. The zero-order valence-corrected chi connectivity index (χ0v) is 32.0. The Bertz CT molecular complexity index is 6280. The van der Waals surface area contributed by atoms with E-state index in [0.717, 1.165) is 0 Å². The topological polar surface area (TPSA) is 0 Å². The highest BCUT2D eigenvalue weighted by atomic mass is 14.7. The Labute approximate surface area is 336 Å². The minimum atomic E-state index is -0.154. The van der Waals surface area contributed by atoms with Crippen LogP contribution in [-0.2, 0) is 10.8 Å². The molecule has 0 unspecified atom stereocenters. The number of hydrogen-bond acceptors (Lipinski definition) is 0. The summed E-state index contributed by atoms with van der Waals surface area (Å²) in [7, 11) is 0. The molecule has 0 aliphatic heterocycles. The van der Waals surface area contributed by atoms with Crippen LogP contribution in [0.1, 0.15) is 36.1 Å². The smallest absolute Gasteiger partial charge is 0.0335 e. The lowest BCUT2D eigenvalue weighted by molar-refractivity contribution is 0.381. The lowest BCUT2D eigenvalue weighted by Crippen LogP contribution is -2.47. The minimum Gasteiger partial charge on any atom is -0.0501 e. The lowest BCUT2D eigenvalue weighted by Gasteiger charge is -2.51. The van der Waals surface area contributed by atoms with E-state index in [1.807, 2.05) is 0 Å². The Balaban J connectivity index is 1.33. The highest BCUT2D eigenvalue weighted by molar-refractivity contribution is 6.82. The normalized spacial score (nSPS) is 23.1. The zero-order valence-electron chi connectivity index (χ0n) is 32.0. The summed E-state index contributed by atoms with van der Waals surface area (Å²) in [5.74, 6) is 0. The third kappa shape index (κ3) is 1.04. The van der Waals surface area contributed by atoms with Gasteiger partial charge in [0.1, 0.15) is 0 Å². The SMILES string of the molecule is CC12c3c4c5c6c7c8c(c9c%10c1c1c3c3c%11c4c4c5c5c7c7c%12c8c8c9c9c%10c%10c1c1c3c3c%11c%11c4c4c5c7c5c7c%12c8c8c9c9c%10c1c1c3c3c%11c4c5c4c7c8c9c1c34)C62C. The molecule has 32 rings (SSSR count).